The number of carbonyl (C=O) groups is 1. The van der Waals surface area contributed by atoms with E-state index in [-0.39, 0.29) is 11.6 Å². The molecule has 0 bridgehead atoms. The van der Waals surface area contributed by atoms with Crippen molar-refractivity contribution in [2.45, 2.75) is 26.8 Å². The number of halogens is 1. The van der Waals surface area contributed by atoms with Gasteiger partial charge in [-0.1, -0.05) is 18.5 Å². The van der Waals surface area contributed by atoms with Gasteiger partial charge in [0.25, 0.3) is 0 Å². The molecule has 7 heteroatoms. The van der Waals surface area contributed by atoms with E-state index in [2.05, 4.69) is 9.97 Å². The van der Waals surface area contributed by atoms with Gasteiger partial charge >= 0.3 is 5.97 Å². The van der Waals surface area contributed by atoms with Gasteiger partial charge in [-0.25, -0.2) is 14.8 Å². The number of hydrogen-bond acceptors (Lipinski definition) is 4. The van der Waals surface area contributed by atoms with Crippen LogP contribution in [0.15, 0.2) is 12.4 Å². The Balaban J connectivity index is 2.43. The van der Waals surface area contributed by atoms with Gasteiger partial charge in [0.15, 0.2) is 0 Å². The van der Waals surface area contributed by atoms with Gasteiger partial charge in [-0.15, -0.1) is 0 Å². The summed E-state index contributed by atoms with van der Waals surface area (Å²) in [4.78, 5) is 19.1. The Morgan fingerprint density at radius 3 is 2.85 bits per heavy atom. The predicted molar refractivity (Wildman–Crippen MR) is 76.4 cm³/mol. The Kier molecular flexibility index (Phi) is 4.04. The highest BCUT2D eigenvalue weighted by Gasteiger charge is 2.21. The van der Waals surface area contributed by atoms with E-state index in [0.717, 1.165) is 11.1 Å². The predicted octanol–water partition coefficient (Wildman–Crippen LogP) is 2.52. The molecule has 0 aliphatic heterocycles. The lowest BCUT2D eigenvalue weighted by molar-refractivity contribution is -0.129. The topological polar surface area (TPSA) is 91.9 Å². The molecule has 0 aliphatic carbocycles. The van der Waals surface area contributed by atoms with Gasteiger partial charge in [0, 0.05) is 18.2 Å². The number of aliphatic carboxylic acids is 1. The molecule has 0 amide bonds. The molecule has 6 nitrogen and oxygen atoms in total. The normalized spacial score (nSPS) is 12.6. The maximum atomic E-state index is 11.0. The number of rotatable bonds is 5. The highest BCUT2D eigenvalue weighted by Crippen LogP contribution is 2.24. The second kappa shape index (κ2) is 5.58. The van der Waals surface area contributed by atoms with Gasteiger partial charge in [-0.3, -0.25) is 5.41 Å². The standard InChI is InChI=1S/C13H15ClN4O2/c1-3-8(10(15)13(19)20)5-18-7(2)4-9-11(14)16-6-17-12(9)18/h4,6,8,15H,3,5H2,1-2H3,(H,19,20). The molecule has 0 saturated heterocycles. The van der Waals surface area contributed by atoms with Crippen molar-refractivity contribution in [3.63, 3.8) is 0 Å². The summed E-state index contributed by atoms with van der Waals surface area (Å²) in [6, 6.07) is 1.87. The number of aromatic nitrogens is 3. The molecule has 1 unspecified atom stereocenters. The number of aryl methyl sites for hydroxylation is 1. The SMILES string of the molecule is CCC(Cn1c(C)cc2c(Cl)ncnc21)C(=N)C(=O)O. The van der Waals surface area contributed by atoms with E-state index in [4.69, 9.17) is 22.1 Å². The summed E-state index contributed by atoms with van der Waals surface area (Å²) in [5.74, 6) is -1.55. The van der Waals surface area contributed by atoms with Crippen molar-refractivity contribution >= 4 is 34.3 Å². The van der Waals surface area contributed by atoms with E-state index in [0.29, 0.717) is 23.8 Å². The van der Waals surface area contributed by atoms with Crippen LogP contribution in [0.2, 0.25) is 5.15 Å². The van der Waals surface area contributed by atoms with Crippen molar-refractivity contribution < 1.29 is 9.90 Å². The fraction of sp³-hybridized carbons (Fsp3) is 0.385. The zero-order valence-corrected chi connectivity index (χ0v) is 12.0. The molecule has 1 atom stereocenters. The van der Waals surface area contributed by atoms with Gasteiger partial charge in [0.1, 0.15) is 22.8 Å². The molecule has 2 heterocycles. The summed E-state index contributed by atoms with van der Waals surface area (Å²) >= 11 is 6.02. The second-order valence-electron chi connectivity index (χ2n) is 4.62. The van der Waals surface area contributed by atoms with Gasteiger partial charge in [0.2, 0.25) is 0 Å². The lowest BCUT2D eigenvalue weighted by Gasteiger charge is -2.16. The lowest BCUT2D eigenvalue weighted by Crippen LogP contribution is -2.26. The molecule has 0 saturated carbocycles. The summed E-state index contributed by atoms with van der Waals surface area (Å²) in [6.07, 6.45) is 1.95. The van der Waals surface area contributed by atoms with E-state index in [1.807, 2.05) is 24.5 Å². The molecule has 0 aliphatic rings. The monoisotopic (exact) mass is 294 g/mol. The van der Waals surface area contributed by atoms with Gasteiger partial charge in [-0.2, -0.15) is 0 Å². The van der Waals surface area contributed by atoms with Crippen molar-refractivity contribution in [2.75, 3.05) is 0 Å². The molecule has 0 fully saturated rings. The van der Waals surface area contributed by atoms with E-state index in [1.165, 1.54) is 6.33 Å². The molecular weight excluding hydrogens is 280 g/mol. The fourth-order valence-corrected chi connectivity index (χ4v) is 2.39. The largest absolute Gasteiger partial charge is 0.477 e. The van der Waals surface area contributed by atoms with Crippen molar-refractivity contribution in [3.8, 4) is 0 Å². The minimum Gasteiger partial charge on any atom is -0.477 e. The van der Waals surface area contributed by atoms with Crippen LogP contribution in [0, 0.1) is 18.3 Å². The summed E-state index contributed by atoms with van der Waals surface area (Å²) < 4.78 is 1.88. The number of hydrogen-bond donors (Lipinski definition) is 2. The first kappa shape index (κ1) is 14.5. The zero-order chi connectivity index (χ0) is 14.9. The van der Waals surface area contributed by atoms with Crippen molar-refractivity contribution in [3.05, 3.63) is 23.2 Å². The molecule has 0 radical (unpaired) electrons. The van der Waals surface area contributed by atoms with Crippen LogP contribution in [-0.2, 0) is 11.3 Å². The lowest BCUT2D eigenvalue weighted by atomic mass is 10.0. The van der Waals surface area contributed by atoms with Crippen LogP contribution in [0.4, 0.5) is 0 Å². The van der Waals surface area contributed by atoms with Crippen LogP contribution in [0.3, 0.4) is 0 Å². The molecular formula is C13H15ClN4O2. The summed E-state index contributed by atoms with van der Waals surface area (Å²) in [5, 5.41) is 17.7. The Morgan fingerprint density at radius 2 is 2.25 bits per heavy atom. The van der Waals surface area contributed by atoms with Crippen LogP contribution in [-0.4, -0.2) is 31.3 Å². The highest BCUT2D eigenvalue weighted by atomic mass is 35.5. The minimum atomic E-state index is -1.18. The Hall–Kier alpha value is -1.95. The zero-order valence-electron chi connectivity index (χ0n) is 11.2. The van der Waals surface area contributed by atoms with E-state index < -0.39 is 5.97 Å². The summed E-state index contributed by atoms with van der Waals surface area (Å²) in [5.41, 5.74) is 1.30. The van der Waals surface area contributed by atoms with Crippen LogP contribution in [0.25, 0.3) is 11.0 Å². The third kappa shape index (κ3) is 2.51. The van der Waals surface area contributed by atoms with Crippen molar-refractivity contribution in [1.29, 1.82) is 5.41 Å². The first-order valence-corrected chi connectivity index (χ1v) is 6.61. The van der Waals surface area contributed by atoms with E-state index in [9.17, 15) is 4.79 Å². The fourth-order valence-electron chi connectivity index (χ4n) is 2.21. The second-order valence-corrected chi connectivity index (χ2v) is 4.98. The molecule has 2 rings (SSSR count). The van der Waals surface area contributed by atoms with Crippen LogP contribution < -0.4 is 0 Å². The molecule has 2 aromatic heterocycles. The number of carboxylic acid groups (broad SMARTS) is 1. The first-order valence-electron chi connectivity index (χ1n) is 6.23. The average Bonchev–Trinajstić information content (AvgIpc) is 2.73. The van der Waals surface area contributed by atoms with Crippen molar-refractivity contribution in [1.82, 2.24) is 14.5 Å². The molecule has 0 aromatic carbocycles. The summed E-state index contributed by atoms with van der Waals surface area (Å²) in [7, 11) is 0. The number of nitrogens with one attached hydrogen (secondary N) is 1. The highest BCUT2D eigenvalue weighted by molar-refractivity contribution is 6.35. The molecule has 20 heavy (non-hydrogen) atoms. The minimum absolute atomic E-state index is 0.283. The smallest absolute Gasteiger partial charge is 0.349 e. The quantitative estimate of drug-likeness (QED) is 0.654. The molecule has 2 N–H and O–H groups in total. The molecule has 106 valence electrons. The third-order valence-corrected chi connectivity index (χ3v) is 3.68. The first-order chi connectivity index (χ1) is 9.45. The van der Waals surface area contributed by atoms with Gasteiger partial charge in [-0.05, 0) is 19.4 Å². The Morgan fingerprint density at radius 1 is 1.55 bits per heavy atom. The number of carboxylic acids is 1. The van der Waals surface area contributed by atoms with Crippen LogP contribution >= 0.6 is 11.6 Å². The van der Waals surface area contributed by atoms with Crippen LogP contribution in [0.5, 0.6) is 0 Å². The third-order valence-electron chi connectivity index (χ3n) is 3.38. The average molecular weight is 295 g/mol. The maximum Gasteiger partial charge on any atom is 0.349 e. The molecule has 0 spiro atoms. The maximum absolute atomic E-state index is 11.0. The Labute approximate surface area is 120 Å². The Bertz CT molecular complexity index is 680. The number of nitrogens with zero attached hydrogens (tertiary/aromatic N) is 3. The molecule has 2 aromatic rings. The van der Waals surface area contributed by atoms with Crippen molar-refractivity contribution in [2.24, 2.45) is 5.92 Å². The number of fused-ring (bicyclic) bond motifs is 1. The van der Waals surface area contributed by atoms with Gasteiger partial charge < -0.3 is 9.67 Å². The van der Waals surface area contributed by atoms with E-state index >= 15 is 0 Å². The van der Waals surface area contributed by atoms with Gasteiger partial charge in [0.05, 0.1) is 5.39 Å². The van der Waals surface area contributed by atoms with E-state index in [1.54, 1.807) is 0 Å². The summed E-state index contributed by atoms with van der Waals surface area (Å²) in [6.45, 7) is 4.16. The van der Waals surface area contributed by atoms with Crippen LogP contribution in [0.1, 0.15) is 19.0 Å².